The number of hydrogen-bond acceptors (Lipinski definition) is 5. The van der Waals surface area contributed by atoms with Crippen molar-refractivity contribution >= 4 is 17.5 Å². The molecule has 2 saturated carbocycles. The molecule has 6 heteroatoms. The number of aliphatic hydroxyl groups excluding tert-OH is 1. The molecule has 28 heavy (non-hydrogen) atoms. The van der Waals surface area contributed by atoms with Gasteiger partial charge in [-0.1, -0.05) is 33.6 Å². The summed E-state index contributed by atoms with van der Waals surface area (Å²) in [4.78, 5) is 35.7. The highest BCUT2D eigenvalue weighted by Gasteiger charge is 2.53. The molecule has 3 aliphatic carbocycles. The van der Waals surface area contributed by atoms with Crippen LogP contribution in [-0.2, 0) is 14.4 Å². The molecule has 0 amide bonds. The number of carbonyl (C=O) groups is 3. The zero-order valence-electron chi connectivity index (χ0n) is 17.0. The highest BCUT2D eigenvalue weighted by atomic mass is 16.4. The molecule has 0 aromatic heterocycles. The summed E-state index contributed by atoms with van der Waals surface area (Å²) in [6.07, 6.45) is 8.28. The number of carbonyl (C=O) groups excluding carboxylic acids is 2. The van der Waals surface area contributed by atoms with Crippen molar-refractivity contribution in [3.05, 3.63) is 23.1 Å². The molecule has 0 aliphatic heterocycles. The van der Waals surface area contributed by atoms with E-state index in [1.54, 1.807) is 0 Å². The monoisotopic (exact) mass is 389 g/mol. The van der Waals surface area contributed by atoms with E-state index in [-0.39, 0.29) is 27.9 Å². The number of ketones is 2. The molecule has 4 atom stereocenters. The topological polar surface area (TPSA) is 104 Å². The van der Waals surface area contributed by atoms with Crippen LogP contribution >= 0.6 is 0 Å². The van der Waals surface area contributed by atoms with Crippen molar-refractivity contribution < 1.29 is 24.6 Å². The van der Waals surface area contributed by atoms with Crippen LogP contribution in [0.5, 0.6) is 0 Å². The van der Waals surface area contributed by atoms with E-state index in [0.717, 1.165) is 18.9 Å². The van der Waals surface area contributed by atoms with Crippen molar-refractivity contribution in [3.8, 4) is 0 Å². The van der Waals surface area contributed by atoms with Crippen LogP contribution in [0.4, 0.5) is 0 Å². The maximum absolute atomic E-state index is 12.6. The predicted octanol–water partition coefficient (Wildman–Crippen LogP) is 3.53. The van der Waals surface area contributed by atoms with E-state index in [9.17, 15) is 19.5 Å². The zero-order valence-corrected chi connectivity index (χ0v) is 17.0. The van der Waals surface area contributed by atoms with Gasteiger partial charge in [0.05, 0.1) is 5.70 Å². The molecular weight excluding hydrogens is 358 g/mol. The van der Waals surface area contributed by atoms with Gasteiger partial charge in [0.15, 0.2) is 0 Å². The van der Waals surface area contributed by atoms with Crippen LogP contribution in [-0.4, -0.2) is 34.3 Å². The first-order valence-corrected chi connectivity index (χ1v) is 10.3. The van der Waals surface area contributed by atoms with Crippen molar-refractivity contribution in [1.82, 2.24) is 5.32 Å². The van der Waals surface area contributed by atoms with Gasteiger partial charge in [-0.15, -0.1) is 0 Å². The fourth-order valence-corrected chi connectivity index (χ4v) is 5.88. The van der Waals surface area contributed by atoms with Gasteiger partial charge >= 0.3 is 5.97 Å². The largest absolute Gasteiger partial charge is 0.505 e. The van der Waals surface area contributed by atoms with E-state index in [1.165, 1.54) is 25.7 Å². The van der Waals surface area contributed by atoms with E-state index in [4.69, 9.17) is 5.11 Å². The van der Waals surface area contributed by atoms with E-state index < -0.39 is 24.1 Å². The van der Waals surface area contributed by atoms with Crippen molar-refractivity contribution in [2.75, 3.05) is 6.54 Å². The number of hydrogen-bond donors (Lipinski definition) is 3. The van der Waals surface area contributed by atoms with Crippen molar-refractivity contribution in [2.45, 2.75) is 65.7 Å². The Bertz CT molecular complexity index is 767. The standard InChI is InChI=1S/C22H31NO5/c1-13-7-9-21(2)8-5-4-6-17(21)22(13,3)11-14-19(27)15(23-12-18(25)26)10-16(24)20(14)28/h10,13,17,23,27H,4-9,11-12H2,1-3H3,(H,25,26). The number of aliphatic carboxylic acids is 1. The van der Waals surface area contributed by atoms with Gasteiger partial charge in [-0.2, -0.15) is 0 Å². The minimum absolute atomic E-state index is 0.0282. The quantitative estimate of drug-likeness (QED) is 0.491. The fourth-order valence-electron chi connectivity index (χ4n) is 5.88. The summed E-state index contributed by atoms with van der Waals surface area (Å²) in [5, 5.41) is 22.1. The number of nitrogens with one attached hydrogen (secondary N) is 1. The lowest BCUT2D eigenvalue weighted by molar-refractivity contribution is -0.135. The maximum Gasteiger partial charge on any atom is 0.322 e. The molecule has 0 spiro atoms. The summed E-state index contributed by atoms with van der Waals surface area (Å²) in [7, 11) is 0. The van der Waals surface area contributed by atoms with E-state index in [0.29, 0.717) is 18.3 Å². The SMILES string of the molecule is CC1CCC2(C)CCCCC2C1(C)CC1=C(O)C(NCC(=O)O)=CC(=O)C1=O. The lowest BCUT2D eigenvalue weighted by atomic mass is 9.47. The normalized spacial score (nSPS) is 36.0. The molecular formula is C22H31NO5. The molecule has 0 aromatic rings. The molecule has 3 N–H and O–H groups in total. The zero-order chi connectivity index (χ0) is 20.7. The molecule has 154 valence electrons. The van der Waals surface area contributed by atoms with Crippen LogP contribution < -0.4 is 5.32 Å². The molecule has 6 nitrogen and oxygen atoms in total. The molecule has 0 radical (unpaired) electrons. The first kappa shape index (κ1) is 20.6. The van der Waals surface area contributed by atoms with Gasteiger partial charge in [0.2, 0.25) is 11.6 Å². The molecule has 0 saturated heterocycles. The van der Waals surface area contributed by atoms with Crippen LogP contribution in [0.1, 0.15) is 65.7 Å². The summed E-state index contributed by atoms with van der Waals surface area (Å²) in [6.45, 7) is 6.33. The molecule has 0 bridgehead atoms. The third-order valence-electron chi connectivity index (χ3n) is 7.70. The second kappa shape index (κ2) is 7.37. The Kier molecular flexibility index (Phi) is 5.43. The van der Waals surface area contributed by atoms with Crippen molar-refractivity contribution in [1.29, 1.82) is 0 Å². The molecule has 0 heterocycles. The van der Waals surface area contributed by atoms with E-state index in [1.807, 2.05) is 0 Å². The fraction of sp³-hybridized carbons (Fsp3) is 0.682. The third kappa shape index (κ3) is 3.49. The number of fused-ring (bicyclic) bond motifs is 1. The minimum atomic E-state index is -1.11. The van der Waals surface area contributed by atoms with Gasteiger partial charge in [0, 0.05) is 11.6 Å². The van der Waals surface area contributed by atoms with Gasteiger partial charge in [-0.25, -0.2) is 0 Å². The molecule has 2 fully saturated rings. The maximum atomic E-state index is 12.6. The summed E-state index contributed by atoms with van der Waals surface area (Å²) in [5.41, 5.74) is 0.199. The highest BCUT2D eigenvalue weighted by Crippen LogP contribution is 2.61. The number of allylic oxidation sites excluding steroid dienone is 2. The minimum Gasteiger partial charge on any atom is -0.505 e. The Labute approximate surface area is 166 Å². The molecule has 4 unspecified atom stereocenters. The van der Waals surface area contributed by atoms with Gasteiger partial charge in [0.25, 0.3) is 0 Å². The van der Waals surface area contributed by atoms with Crippen LogP contribution in [0.15, 0.2) is 23.1 Å². The number of carboxylic acid groups (broad SMARTS) is 1. The first-order chi connectivity index (χ1) is 13.1. The average molecular weight is 389 g/mol. The Hall–Kier alpha value is -2.11. The average Bonchev–Trinajstić information content (AvgIpc) is 2.64. The van der Waals surface area contributed by atoms with Gasteiger partial charge < -0.3 is 15.5 Å². The summed E-state index contributed by atoms with van der Waals surface area (Å²) in [6, 6.07) is 0. The Balaban J connectivity index is 1.95. The van der Waals surface area contributed by atoms with Crippen LogP contribution in [0, 0.1) is 22.7 Å². The predicted molar refractivity (Wildman–Crippen MR) is 105 cm³/mol. The number of aliphatic hydroxyl groups is 1. The van der Waals surface area contributed by atoms with Gasteiger partial charge in [0.1, 0.15) is 12.3 Å². The van der Waals surface area contributed by atoms with Gasteiger partial charge in [-0.05, 0) is 54.8 Å². The Morgan fingerprint density at radius 1 is 1.21 bits per heavy atom. The van der Waals surface area contributed by atoms with Crippen molar-refractivity contribution in [3.63, 3.8) is 0 Å². The molecule has 3 rings (SSSR count). The number of rotatable bonds is 5. The number of Topliss-reactive ketones (excluding diaryl/α,β-unsaturated/α-hetero) is 1. The lowest BCUT2D eigenvalue weighted by Crippen LogP contribution is -2.50. The second-order valence-corrected chi connectivity index (χ2v) is 9.40. The summed E-state index contributed by atoms with van der Waals surface area (Å²) in [5.74, 6) is -1.96. The van der Waals surface area contributed by atoms with Crippen molar-refractivity contribution in [2.24, 2.45) is 22.7 Å². The lowest BCUT2D eigenvalue weighted by Gasteiger charge is -2.58. The third-order valence-corrected chi connectivity index (χ3v) is 7.70. The van der Waals surface area contributed by atoms with Crippen LogP contribution in [0.2, 0.25) is 0 Å². The summed E-state index contributed by atoms with van der Waals surface area (Å²) >= 11 is 0. The van der Waals surface area contributed by atoms with Gasteiger partial charge in [-0.3, -0.25) is 14.4 Å². The van der Waals surface area contributed by atoms with Crippen LogP contribution in [0.25, 0.3) is 0 Å². The molecule has 3 aliphatic rings. The highest BCUT2D eigenvalue weighted by molar-refractivity contribution is 6.48. The summed E-state index contributed by atoms with van der Waals surface area (Å²) < 4.78 is 0. The molecule has 0 aromatic carbocycles. The Morgan fingerprint density at radius 2 is 1.93 bits per heavy atom. The second-order valence-electron chi connectivity index (χ2n) is 9.40. The number of carboxylic acids is 1. The first-order valence-electron chi connectivity index (χ1n) is 10.3. The smallest absolute Gasteiger partial charge is 0.322 e. The van der Waals surface area contributed by atoms with E-state index in [2.05, 4.69) is 26.1 Å². The van der Waals surface area contributed by atoms with Crippen LogP contribution in [0.3, 0.4) is 0 Å². The Morgan fingerprint density at radius 3 is 2.61 bits per heavy atom. The van der Waals surface area contributed by atoms with E-state index >= 15 is 0 Å².